The van der Waals surface area contributed by atoms with E-state index in [0.29, 0.717) is 27.6 Å². The van der Waals surface area contributed by atoms with Crippen LogP contribution in [-0.2, 0) is 14.8 Å². The number of amides is 1. The van der Waals surface area contributed by atoms with Gasteiger partial charge in [0.2, 0.25) is 0 Å². The summed E-state index contributed by atoms with van der Waals surface area (Å²) in [5.41, 5.74) is 4.36. The van der Waals surface area contributed by atoms with Gasteiger partial charge in [-0.25, -0.2) is 17.8 Å². The number of nitrogens with one attached hydrogen (secondary N) is 1. The summed E-state index contributed by atoms with van der Waals surface area (Å²) >= 11 is 0. The summed E-state index contributed by atoms with van der Waals surface area (Å²) in [5.74, 6) is -0.927. The van der Waals surface area contributed by atoms with Crippen LogP contribution in [-0.4, -0.2) is 42.0 Å². The number of rotatable bonds is 8. The molecule has 9 heteroatoms. The van der Waals surface area contributed by atoms with Gasteiger partial charge in [-0.2, -0.15) is 5.10 Å². The minimum atomic E-state index is -3.83. The van der Waals surface area contributed by atoms with E-state index in [2.05, 4.69) is 10.5 Å². The summed E-state index contributed by atoms with van der Waals surface area (Å²) in [7, 11) is -3.83. The Bertz CT molecular complexity index is 1550. The molecule has 1 aromatic heterocycles. The molecule has 0 spiro atoms. The quantitative estimate of drug-likeness (QED) is 0.225. The predicted octanol–water partition coefficient (Wildman–Crippen LogP) is 3.22. The second kappa shape index (κ2) is 10.3. The maximum Gasteiger partial charge on any atom is 0.271 e. The molecule has 0 atom stereocenters. The molecular weight excluding hydrogens is 466 g/mol. The Morgan fingerprint density at radius 2 is 1.71 bits per heavy atom. The summed E-state index contributed by atoms with van der Waals surface area (Å²) in [5, 5.41) is 13.5. The number of ketones is 1. The third-order valence-electron chi connectivity index (χ3n) is 5.14. The molecule has 4 rings (SSSR count). The monoisotopic (exact) mass is 487 g/mol. The number of para-hydroxylation sites is 1. The molecule has 0 fully saturated rings. The van der Waals surface area contributed by atoms with Crippen LogP contribution in [0.15, 0.2) is 101 Å². The van der Waals surface area contributed by atoms with Crippen LogP contribution in [0, 0.1) is 0 Å². The fraction of sp³-hybridized carbons (Fsp3) is 0.0385. The van der Waals surface area contributed by atoms with Gasteiger partial charge in [-0.3, -0.25) is 9.59 Å². The molecular formula is C26H21N3O5S. The Morgan fingerprint density at radius 3 is 2.49 bits per heavy atom. The van der Waals surface area contributed by atoms with Gasteiger partial charge in [0.1, 0.15) is 6.61 Å². The van der Waals surface area contributed by atoms with Gasteiger partial charge in [-0.1, -0.05) is 54.6 Å². The standard InChI is InChI=1S/C26H21N3O5S/c30-18-22(31)14-13-19-7-6-8-20(15-19)26(32)28-27-16-21-17-29(25-12-5-4-11-24(21)25)35(33,34)23-9-2-1-3-10-23/h1-17,30H,18H2,(H,28,32)/b14-13+,27-16+. The first-order valence-electron chi connectivity index (χ1n) is 10.6. The van der Waals surface area contributed by atoms with Crippen molar-refractivity contribution in [1.82, 2.24) is 9.40 Å². The molecule has 8 nitrogen and oxygen atoms in total. The van der Waals surface area contributed by atoms with Gasteiger partial charge < -0.3 is 5.11 Å². The van der Waals surface area contributed by atoms with Crippen molar-refractivity contribution in [3.63, 3.8) is 0 Å². The van der Waals surface area contributed by atoms with Crippen molar-refractivity contribution < 1.29 is 23.1 Å². The van der Waals surface area contributed by atoms with Crippen molar-refractivity contribution in [2.75, 3.05) is 6.61 Å². The average Bonchev–Trinajstić information content (AvgIpc) is 3.27. The van der Waals surface area contributed by atoms with E-state index in [1.165, 1.54) is 40.7 Å². The largest absolute Gasteiger partial charge is 0.388 e. The molecule has 3 aromatic carbocycles. The highest BCUT2D eigenvalue weighted by Crippen LogP contribution is 2.25. The first-order chi connectivity index (χ1) is 16.9. The number of nitrogens with zero attached hydrogens (tertiary/aromatic N) is 2. The van der Waals surface area contributed by atoms with Crippen molar-refractivity contribution >= 4 is 44.9 Å². The zero-order valence-corrected chi connectivity index (χ0v) is 19.2. The van der Waals surface area contributed by atoms with Crippen molar-refractivity contribution in [1.29, 1.82) is 0 Å². The maximum absolute atomic E-state index is 13.2. The van der Waals surface area contributed by atoms with Crippen LogP contribution in [0.1, 0.15) is 21.5 Å². The summed E-state index contributed by atoms with van der Waals surface area (Å²) < 4.78 is 27.6. The van der Waals surface area contributed by atoms with Gasteiger partial charge in [0, 0.05) is 22.7 Å². The van der Waals surface area contributed by atoms with Crippen LogP contribution in [0.2, 0.25) is 0 Å². The normalized spacial score (nSPS) is 11.9. The van der Waals surface area contributed by atoms with E-state index in [1.54, 1.807) is 66.7 Å². The second-order valence-electron chi connectivity index (χ2n) is 7.50. The third-order valence-corrected chi connectivity index (χ3v) is 6.83. The molecule has 1 heterocycles. The second-order valence-corrected chi connectivity index (χ2v) is 9.31. The Morgan fingerprint density at radius 1 is 0.971 bits per heavy atom. The van der Waals surface area contributed by atoms with E-state index in [-0.39, 0.29) is 4.90 Å². The highest BCUT2D eigenvalue weighted by Gasteiger charge is 2.20. The smallest absolute Gasteiger partial charge is 0.271 e. The lowest BCUT2D eigenvalue weighted by molar-refractivity contribution is -0.117. The van der Waals surface area contributed by atoms with Crippen LogP contribution >= 0.6 is 0 Å². The summed E-state index contributed by atoms with van der Waals surface area (Å²) in [4.78, 5) is 23.9. The topological polar surface area (TPSA) is 118 Å². The van der Waals surface area contributed by atoms with Crippen molar-refractivity contribution in [3.8, 4) is 0 Å². The third kappa shape index (κ3) is 5.26. The number of hydrogen-bond acceptors (Lipinski definition) is 6. The van der Waals surface area contributed by atoms with E-state index in [0.717, 1.165) is 0 Å². The van der Waals surface area contributed by atoms with E-state index >= 15 is 0 Å². The molecule has 0 unspecified atom stereocenters. The molecule has 0 saturated heterocycles. The number of carbonyl (C=O) groups excluding carboxylic acids is 2. The first-order valence-corrected chi connectivity index (χ1v) is 12.0. The summed E-state index contributed by atoms with van der Waals surface area (Å²) in [6.07, 6.45) is 5.59. The number of aliphatic hydroxyl groups excluding tert-OH is 1. The zero-order chi connectivity index (χ0) is 24.8. The van der Waals surface area contributed by atoms with Crippen LogP contribution in [0.3, 0.4) is 0 Å². The van der Waals surface area contributed by atoms with E-state index in [4.69, 9.17) is 5.11 Å². The van der Waals surface area contributed by atoms with Gasteiger partial charge in [0.05, 0.1) is 16.6 Å². The summed E-state index contributed by atoms with van der Waals surface area (Å²) in [6.45, 7) is -0.589. The van der Waals surface area contributed by atoms with Crippen molar-refractivity contribution in [2.45, 2.75) is 4.90 Å². The zero-order valence-electron chi connectivity index (χ0n) is 18.4. The molecule has 0 radical (unpaired) electrons. The Hall–Kier alpha value is -4.34. The number of carbonyl (C=O) groups is 2. The number of aromatic nitrogens is 1. The van der Waals surface area contributed by atoms with Crippen LogP contribution in [0.4, 0.5) is 0 Å². The number of fused-ring (bicyclic) bond motifs is 1. The number of benzene rings is 3. The van der Waals surface area contributed by atoms with Crippen molar-refractivity contribution in [2.24, 2.45) is 5.10 Å². The lowest BCUT2D eigenvalue weighted by Crippen LogP contribution is -2.17. The van der Waals surface area contributed by atoms with E-state index in [1.807, 2.05) is 0 Å². The molecule has 2 N–H and O–H groups in total. The molecule has 0 bridgehead atoms. The van der Waals surface area contributed by atoms with E-state index in [9.17, 15) is 18.0 Å². The molecule has 0 aliphatic rings. The van der Waals surface area contributed by atoms with Gasteiger partial charge in [-0.15, -0.1) is 0 Å². The molecule has 0 aliphatic carbocycles. The van der Waals surface area contributed by atoms with Crippen LogP contribution in [0.5, 0.6) is 0 Å². The predicted molar refractivity (Wildman–Crippen MR) is 134 cm³/mol. The Balaban J connectivity index is 1.58. The molecule has 4 aromatic rings. The minimum absolute atomic E-state index is 0.159. The van der Waals surface area contributed by atoms with Crippen LogP contribution in [0.25, 0.3) is 17.0 Å². The van der Waals surface area contributed by atoms with E-state index < -0.39 is 28.3 Å². The first kappa shape index (κ1) is 23.8. The molecule has 0 saturated carbocycles. The highest BCUT2D eigenvalue weighted by atomic mass is 32.2. The fourth-order valence-electron chi connectivity index (χ4n) is 3.43. The van der Waals surface area contributed by atoms with Gasteiger partial charge in [0.15, 0.2) is 5.78 Å². The minimum Gasteiger partial charge on any atom is -0.388 e. The van der Waals surface area contributed by atoms with Crippen molar-refractivity contribution in [3.05, 3.63) is 108 Å². The number of hydrogen-bond donors (Lipinski definition) is 2. The maximum atomic E-state index is 13.2. The highest BCUT2D eigenvalue weighted by molar-refractivity contribution is 7.90. The molecule has 1 amide bonds. The fourth-order valence-corrected chi connectivity index (χ4v) is 4.83. The molecule has 35 heavy (non-hydrogen) atoms. The molecule has 176 valence electrons. The molecule has 0 aliphatic heterocycles. The lowest BCUT2D eigenvalue weighted by Gasteiger charge is -2.07. The van der Waals surface area contributed by atoms with Gasteiger partial charge in [-0.05, 0) is 42.0 Å². The SMILES string of the molecule is O=C(/C=C/c1cccc(C(=O)N/N=C/c2cn(S(=O)(=O)c3ccccc3)c3ccccc23)c1)CO. The summed E-state index contributed by atoms with van der Waals surface area (Å²) in [6, 6.07) is 21.7. The van der Waals surface area contributed by atoms with Gasteiger partial charge >= 0.3 is 0 Å². The Kier molecular flexibility index (Phi) is 7.00. The van der Waals surface area contributed by atoms with Gasteiger partial charge in [0.25, 0.3) is 15.9 Å². The Labute approximate surface area is 201 Å². The lowest BCUT2D eigenvalue weighted by atomic mass is 10.1. The number of hydrazone groups is 1. The average molecular weight is 488 g/mol. The van der Waals surface area contributed by atoms with Crippen LogP contribution < -0.4 is 5.43 Å². The number of aliphatic hydroxyl groups is 1.